The summed E-state index contributed by atoms with van der Waals surface area (Å²) in [4.78, 5) is 4.57. The van der Waals surface area contributed by atoms with E-state index in [2.05, 4.69) is 45.2 Å². The second-order valence-corrected chi connectivity index (χ2v) is 8.39. The van der Waals surface area contributed by atoms with Gasteiger partial charge in [-0.15, -0.1) is 10.2 Å². The third-order valence-electron chi connectivity index (χ3n) is 6.31. The van der Waals surface area contributed by atoms with Crippen LogP contribution >= 0.6 is 0 Å². The summed E-state index contributed by atoms with van der Waals surface area (Å²) in [6.45, 7) is 5.45. The van der Waals surface area contributed by atoms with E-state index in [9.17, 15) is 0 Å². The van der Waals surface area contributed by atoms with Crippen molar-refractivity contribution in [2.75, 3.05) is 51.3 Å². The molecule has 1 unspecified atom stereocenters. The fourth-order valence-electron chi connectivity index (χ4n) is 4.48. The molecule has 2 aliphatic rings. The summed E-state index contributed by atoms with van der Waals surface area (Å²) in [5.74, 6) is 1.63. The average Bonchev–Trinajstić information content (AvgIpc) is 3.24. The molecule has 8 heteroatoms. The topological polar surface area (TPSA) is 81.1 Å². The first-order chi connectivity index (χ1) is 15.2. The van der Waals surface area contributed by atoms with Crippen molar-refractivity contribution >= 4 is 11.6 Å². The second-order valence-electron chi connectivity index (χ2n) is 8.39. The molecule has 0 amide bonds. The van der Waals surface area contributed by atoms with Crippen LogP contribution in [0, 0.1) is 0 Å². The van der Waals surface area contributed by atoms with Crippen LogP contribution in [0.3, 0.4) is 0 Å². The second kappa shape index (κ2) is 8.82. The number of likely N-dealkylation sites (N-methyl/N-ethyl adjacent to an activating group) is 1. The number of hydrogen-bond acceptors (Lipinski definition) is 7. The van der Waals surface area contributed by atoms with Gasteiger partial charge in [0, 0.05) is 39.3 Å². The van der Waals surface area contributed by atoms with Crippen LogP contribution in [-0.2, 0) is 4.74 Å². The standard InChI is InChI=1S/C23H30N6O2/c1-27(10-11-28-12-14-30-15-13-28)23-26-25-22-9-6-17(16-29(22)23)31-21-8-7-20(24)18-4-2-3-5-19(18)21/h2-6,9,16,20-21H,7-8,10-15,24H2,1H3/t20-,21?/m0/s1. The van der Waals surface area contributed by atoms with Crippen LogP contribution in [0.2, 0.25) is 0 Å². The van der Waals surface area contributed by atoms with E-state index in [1.807, 2.05) is 28.8 Å². The Morgan fingerprint density at radius 2 is 1.90 bits per heavy atom. The minimum absolute atomic E-state index is 0.00688. The maximum Gasteiger partial charge on any atom is 0.231 e. The van der Waals surface area contributed by atoms with E-state index < -0.39 is 0 Å². The van der Waals surface area contributed by atoms with E-state index in [-0.39, 0.29) is 12.1 Å². The molecule has 0 radical (unpaired) electrons. The average molecular weight is 423 g/mol. The quantitative estimate of drug-likeness (QED) is 0.653. The largest absolute Gasteiger partial charge is 0.484 e. The summed E-state index contributed by atoms with van der Waals surface area (Å²) >= 11 is 0. The first-order valence-corrected chi connectivity index (χ1v) is 11.1. The molecule has 31 heavy (non-hydrogen) atoms. The van der Waals surface area contributed by atoms with Crippen molar-refractivity contribution < 1.29 is 9.47 Å². The monoisotopic (exact) mass is 422 g/mol. The zero-order valence-electron chi connectivity index (χ0n) is 18.0. The fraction of sp³-hybridized carbons (Fsp3) is 0.478. The van der Waals surface area contributed by atoms with Crippen LogP contribution in [0.4, 0.5) is 5.95 Å². The van der Waals surface area contributed by atoms with Crippen LogP contribution in [-0.4, -0.2) is 65.9 Å². The number of ether oxygens (including phenoxy) is 2. The lowest BCUT2D eigenvalue weighted by atomic mass is 9.86. The van der Waals surface area contributed by atoms with Gasteiger partial charge in [-0.05, 0) is 36.1 Å². The van der Waals surface area contributed by atoms with E-state index >= 15 is 0 Å². The molecule has 2 aromatic heterocycles. The summed E-state index contributed by atoms with van der Waals surface area (Å²) in [6.07, 6.45) is 3.83. The number of anilines is 1. The number of nitrogens with zero attached hydrogens (tertiary/aromatic N) is 5. The lowest BCUT2D eigenvalue weighted by Gasteiger charge is -2.30. The Hall–Kier alpha value is -2.68. The van der Waals surface area contributed by atoms with Crippen molar-refractivity contribution in [2.24, 2.45) is 5.73 Å². The first-order valence-electron chi connectivity index (χ1n) is 11.1. The van der Waals surface area contributed by atoms with Crippen LogP contribution in [0.5, 0.6) is 5.75 Å². The van der Waals surface area contributed by atoms with Gasteiger partial charge in [-0.2, -0.15) is 0 Å². The van der Waals surface area contributed by atoms with Crippen LogP contribution in [0.1, 0.15) is 36.1 Å². The Bertz CT molecular complexity index is 1030. The molecule has 3 heterocycles. The number of fused-ring (bicyclic) bond motifs is 2. The molecule has 0 bridgehead atoms. The fourth-order valence-corrected chi connectivity index (χ4v) is 4.48. The molecule has 1 saturated heterocycles. The SMILES string of the molecule is CN(CCN1CCOCC1)c1nnc2ccc(OC3CC[C@H](N)c4ccccc43)cn12. The van der Waals surface area contributed by atoms with Gasteiger partial charge in [0.05, 0.1) is 19.4 Å². The number of pyridine rings is 1. The number of rotatable bonds is 6. The Balaban J connectivity index is 1.33. The van der Waals surface area contributed by atoms with Gasteiger partial charge in [0.15, 0.2) is 5.65 Å². The van der Waals surface area contributed by atoms with Crippen molar-refractivity contribution in [1.29, 1.82) is 0 Å². The van der Waals surface area contributed by atoms with Crippen LogP contribution in [0.15, 0.2) is 42.6 Å². The Labute approximate surface area is 182 Å². The lowest BCUT2D eigenvalue weighted by molar-refractivity contribution is 0.0392. The molecule has 0 saturated carbocycles. The molecule has 3 aromatic rings. The number of nitrogens with two attached hydrogens (primary N) is 1. The molecule has 1 aromatic carbocycles. The van der Waals surface area contributed by atoms with Gasteiger partial charge >= 0.3 is 0 Å². The highest BCUT2D eigenvalue weighted by molar-refractivity contribution is 5.48. The van der Waals surface area contributed by atoms with Gasteiger partial charge in [-0.1, -0.05) is 24.3 Å². The molecule has 164 valence electrons. The summed E-state index contributed by atoms with van der Waals surface area (Å²) in [5, 5.41) is 8.75. The number of morpholine rings is 1. The molecule has 8 nitrogen and oxygen atoms in total. The normalized spacial score (nSPS) is 21.7. The molecular formula is C23H30N6O2. The van der Waals surface area contributed by atoms with Crippen LogP contribution < -0.4 is 15.4 Å². The molecule has 5 rings (SSSR count). The van der Waals surface area contributed by atoms with E-state index in [1.165, 1.54) is 11.1 Å². The Morgan fingerprint density at radius 3 is 2.74 bits per heavy atom. The van der Waals surface area contributed by atoms with Gasteiger partial charge in [0.1, 0.15) is 11.9 Å². The highest BCUT2D eigenvalue weighted by Crippen LogP contribution is 2.37. The third-order valence-corrected chi connectivity index (χ3v) is 6.31. The third kappa shape index (κ3) is 4.23. The highest BCUT2D eigenvalue weighted by atomic mass is 16.5. The van der Waals surface area contributed by atoms with Gasteiger partial charge in [0.2, 0.25) is 5.95 Å². The predicted molar refractivity (Wildman–Crippen MR) is 119 cm³/mol. The smallest absolute Gasteiger partial charge is 0.231 e. The zero-order chi connectivity index (χ0) is 21.2. The van der Waals surface area contributed by atoms with Gasteiger partial charge in [0.25, 0.3) is 0 Å². The zero-order valence-corrected chi connectivity index (χ0v) is 18.0. The molecule has 2 atom stereocenters. The number of aromatic nitrogens is 3. The molecule has 1 aliphatic carbocycles. The summed E-state index contributed by atoms with van der Waals surface area (Å²) in [6, 6.07) is 12.4. The minimum Gasteiger partial charge on any atom is -0.484 e. The van der Waals surface area contributed by atoms with E-state index in [1.54, 1.807) is 0 Å². The minimum atomic E-state index is 0.00688. The summed E-state index contributed by atoms with van der Waals surface area (Å²) in [7, 11) is 2.06. The Morgan fingerprint density at radius 1 is 1.10 bits per heavy atom. The number of benzene rings is 1. The molecule has 1 fully saturated rings. The maximum atomic E-state index is 6.42. The summed E-state index contributed by atoms with van der Waals surface area (Å²) in [5.41, 5.74) is 9.49. The first kappa shape index (κ1) is 20.2. The van der Waals surface area contributed by atoms with E-state index in [0.717, 1.165) is 69.6 Å². The predicted octanol–water partition coefficient (Wildman–Crippen LogP) is 2.41. The maximum absolute atomic E-state index is 6.42. The number of hydrogen-bond donors (Lipinski definition) is 1. The summed E-state index contributed by atoms with van der Waals surface area (Å²) < 4.78 is 13.9. The van der Waals surface area contributed by atoms with E-state index in [0.29, 0.717) is 0 Å². The van der Waals surface area contributed by atoms with Crippen LogP contribution in [0.25, 0.3) is 5.65 Å². The lowest BCUT2D eigenvalue weighted by Crippen LogP contribution is -2.41. The molecular weight excluding hydrogens is 392 g/mol. The van der Waals surface area contributed by atoms with Crippen molar-refractivity contribution in [3.05, 3.63) is 53.7 Å². The van der Waals surface area contributed by atoms with Crippen molar-refractivity contribution in [3.63, 3.8) is 0 Å². The van der Waals surface area contributed by atoms with Gasteiger partial charge in [-0.3, -0.25) is 9.30 Å². The molecule has 2 N–H and O–H groups in total. The molecule has 0 spiro atoms. The van der Waals surface area contributed by atoms with Crippen molar-refractivity contribution in [1.82, 2.24) is 19.5 Å². The van der Waals surface area contributed by atoms with Gasteiger partial charge in [-0.25, -0.2) is 0 Å². The van der Waals surface area contributed by atoms with Crippen molar-refractivity contribution in [3.8, 4) is 5.75 Å². The van der Waals surface area contributed by atoms with Gasteiger partial charge < -0.3 is 20.1 Å². The van der Waals surface area contributed by atoms with Crippen molar-refractivity contribution in [2.45, 2.75) is 25.0 Å². The van der Waals surface area contributed by atoms with E-state index in [4.69, 9.17) is 15.2 Å². The highest BCUT2D eigenvalue weighted by Gasteiger charge is 2.26. The molecule has 1 aliphatic heterocycles. The Kier molecular flexibility index (Phi) is 5.76.